The topological polar surface area (TPSA) is 58.5 Å². The summed E-state index contributed by atoms with van der Waals surface area (Å²) in [4.78, 5) is 9.81. The van der Waals surface area contributed by atoms with Crippen molar-refractivity contribution in [3.05, 3.63) is 18.7 Å². The highest BCUT2D eigenvalue weighted by atomic mass is 16.6. The first-order valence-corrected chi connectivity index (χ1v) is 4.16. The maximum Gasteiger partial charge on any atom is 0.172 e. The summed E-state index contributed by atoms with van der Waals surface area (Å²) >= 11 is 0. The standard InChI is InChI=1S/C8H11N3O2/c12-8-5-11(1-2-13-8)7-3-9-6-10-4-7/h3-4,6,8,12H,1-2,5H2. The number of nitrogens with zero attached hydrogens (tertiary/aromatic N) is 3. The number of rotatable bonds is 1. The van der Waals surface area contributed by atoms with Gasteiger partial charge in [-0.05, 0) is 0 Å². The first-order chi connectivity index (χ1) is 6.36. The number of ether oxygens (including phenoxy) is 1. The van der Waals surface area contributed by atoms with Crippen LogP contribution < -0.4 is 4.90 Å². The van der Waals surface area contributed by atoms with Crippen molar-refractivity contribution in [2.75, 3.05) is 24.6 Å². The van der Waals surface area contributed by atoms with Crippen molar-refractivity contribution >= 4 is 5.69 Å². The highest BCUT2D eigenvalue weighted by molar-refractivity contribution is 5.41. The second-order valence-electron chi connectivity index (χ2n) is 2.87. The summed E-state index contributed by atoms with van der Waals surface area (Å²) in [6, 6.07) is 0. The summed E-state index contributed by atoms with van der Waals surface area (Å²) in [6.45, 7) is 1.79. The molecule has 70 valence electrons. The first-order valence-electron chi connectivity index (χ1n) is 4.16. The summed E-state index contributed by atoms with van der Waals surface area (Å²) in [5.74, 6) is 0. The molecular weight excluding hydrogens is 170 g/mol. The summed E-state index contributed by atoms with van der Waals surface area (Å²) in [5.41, 5.74) is 0.921. The number of hydrogen-bond donors (Lipinski definition) is 1. The summed E-state index contributed by atoms with van der Waals surface area (Å²) in [5, 5.41) is 9.24. The van der Waals surface area contributed by atoms with Crippen LogP contribution in [-0.2, 0) is 4.74 Å². The number of β-amino-alcohol motifs (C(OH)–C–C–N with tert-alkyl or cyclic N) is 1. The minimum atomic E-state index is -0.700. The Morgan fingerprint density at radius 3 is 2.92 bits per heavy atom. The normalized spacial score (nSPS) is 23.2. The molecule has 0 amide bonds. The molecule has 0 aliphatic carbocycles. The van der Waals surface area contributed by atoms with Crippen LogP contribution in [0.3, 0.4) is 0 Å². The van der Waals surface area contributed by atoms with Crippen LogP contribution >= 0.6 is 0 Å². The van der Waals surface area contributed by atoms with E-state index in [9.17, 15) is 5.11 Å². The fourth-order valence-corrected chi connectivity index (χ4v) is 1.32. The molecule has 0 radical (unpaired) electrons. The minimum Gasteiger partial charge on any atom is -0.366 e. The molecule has 1 saturated heterocycles. The highest BCUT2D eigenvalue weighted by Gasteiger charge is 2.18. The van der Waals surface area contributed by atoms with Gasteiger partial charge in [0.2, 0.25) is 0 Å². The summed E-state index contributed by atoms with van der Waals surface area (Å²) in [6.07, 6.45) is 4.24. The Hall–Kier alpha value is -1.20. The van der Waals surface area contributed by atoms with E-state index in [1.165, 1.54) is 6.33 Å². The lowest BCUT2D eigenvalue weighted by molar-refractivity contribution is -0.104. The van der Waals surface area contributed by atoms with E-state index in [2.05, 4.69) is 9.97 Å². The maximum absolute atomic E-state index is 9.24. The van der Waals surface area contributed by atoms with Crippen molar-refractivity contribution in [2.45, 2.75) is 6.29 Å². The van der Waals surface area contributed by atoms with Gasteiger partial charge in [0.15, 0.2) is 6.29 Å². The lowest BCUT2D eigenvalue weighted by atomic mass is 10.3. The van der Waals surface area contributed by atoms with Crippen LogP contribution in [0.2, 0.25) is 0 Å². The van der Waals surface area contributed by atoms with Gasteiger partial charge in [-0.2, -0.15) is 0 Å². The molecule has 5 heteroatoms. The number of aliphatic hydroxyl groups excluding tert-OH is 1. The fourth-order valence-electron chi connectivity index (χ4n) is 1.32. The molecule has 1 aromatic rings. The van der Waals surface area contributed by atoms with Crippen molar-refractivity contribution < 1.29 is 9.84 Å². The van der Waals surface area contributed by atoms with Gasteiger partial charge in [-0.1, -0.05) is 0 Å². The number of morpholine rings is 1. The zero-order chi connectivity index (χ0) is 9.10. The maximum atomic E-state index is 9.24. The SMILES string of the molecule is OC1CN(c2cncnc2)CCO1. The molecule has 2 heterocycles. The molecule has 1 aliphatic rings. The van der Waals surface area contributed by atoms with Gasteiger partial charge in [-0.25, -0.2) is 9.97 Å². The Morgan fingerprint density at radius 1 is 1.46 bits per heavy atom. The number of anilines is 1. The molecule has 1 atom stereocenters. The van der Waals surface area contributed by atoms with Crippen LogP contribution in [0.25, 0.3) is 0 Å². The van der Waals surface area contributed by atoms with E-state index in [0.717, 1.165) is 12.2 Å². The van der Waals surface area contributed by atoms with Crippen molar-refractivity contribution in [3.63, 3.8) is 0 Å². The first kappa shape index (κ1) is 8.40. The zero-order valence-electron chi connectivity index (χ0n) is 7.13. The third-order valence-electron chi connectivity index (χ3n) is 1.96. The third kappa shape index (κ3) is 1.93. The van der Waals surface area contributed by atoms with Gasteiger partial charge >= 0.3 is 0 Å². The average Bonchev–Trinajstić information content (AvgIpc) is 2.19. The quantitative estimate of drug-likeness (QED) is 0.640. The third-order valence-corrected chi connectivity index (χ3v) is 1.96. The lowest BCUT2D eigenvalue weighted by Crippen LogP contribution is -2.42. The molecule has 1 fully saturated rings. The van der Waals surface area contributed by atoms with E-state index < -0.39 is 6.29 Å². The van der Waals surface area contributed by atoms with E-state index in [4.69, 9.17) is 4.74 Å². The second kappa shape index (κ2) is 3.68. The van der Waals surface area contributed by atoms with E-state index in [0.29, 0.717) is 13.2 Å². The number of hydrogen-bond acceptors (Lipinski definition) is 5. The Bertz CT molecular complexity index is 267. The van der Waals surface area contributed by atoms with Crippen molar-refractivity contribution in [1.29, 1.82) is 0 Å². The second-order valence-corrected chi connectivity index (χ2v) is 2.87. The van der Waals surface area contributed by atoms with Crippen molar-refractivity contribution in [2.24, 2.45) is 0 Å². The van der Waals surface area contributed by atoms with Crippen LogP contribution in [0.4, 0.5) is 5.69 Å². The molecule has 0 saturated carbocycles. The molecule has 1 aliphatic heterocycles. The predicted molar refractivity (Wildman–Crippen MR) is 46.2 cm³/mol. The fraction of sp³-hybridized carbons (Fsp3) is 0.500. The van der Waals surface area contributed by atoms with Crippen LogP contribution in [0, 0.1) is 0 Å². The predicted octanol–water partition coefficient (Wildman–Crippen LogP) is -0.368. The lowest BCUT2D eigenvalue weighted by Gasteiger charge is -2.31. The average molecular weight is 181 g/mol. The van der Waals surface area contributed by atoms with Crippen molar-refractivity contribution in [3.8, 4) is 0 Å². The van der Waals surface area contributed by atoms with Crippen LogP contribution in [-0.4, -0.2) is 41.1 Å². The van der Waals surface area contributed by atoms with Crippen LogP contribution in [0.1, 0.15) is 0 Å². The minimum absolute atomic E-state index is 0.480. The Morgan fingerprint density at radius 2 is 2.23 bits per heavy atom. The van der Waals surface area contributed by atoms with E-state index in [-0.39, 0.29) is 0 Å². The molecule has 0 bridgehead atoms. The smallest absolute Gasteiger partial charge is 0.172 e. The Balaban J connectivity index is 2.08. The monoisotopic (exact) mass is 181 g/mol. The molecule has 2 rings (SSSR count). The van der Waals surface area contributed by atoms with Gasteiger partial charge in [-0.15, -0.1) is 0 Å². The molecule has 5 nitrogen and oxygen atoms in total. The Kier molecular flexibility index (Phi) is 2.37. The largest absolute Gasteiger partial charge is 0.366 e. The summed E-state index contributed by atoms with van der Waals surface area (Å²) < 4.78 is 5.00. The molecule has 0 aromatic carbocycles. The van der Waals surface area contributed by atoms with E-state index in [1.807, 2.05) is 4.90 Å². The number of aromatic nitrogens is 2. The van der Waals surface area contributed by atoms with Gasteiger partial charge in [0.05, 0.1) is 31.2 Å². The van der Waals surface area contributed by atoms with Gasteiger partial charge in [0.25, 0.3) is 0 Å². The molecule has 1 aromatic heterocycles. The van der Waals surface area contributed by atoms with Crippen molar-refractivity contribution in [1.82, 2.24) is 9.97 Å². The molecule has 13 heavy (non-hydrogen) atoms. The van der Waals surface area contributed by atoms with E-state index >= 15 is 0 Å². The number of aliphatic hydroxyl groups is 1. The van der Waals surface area contributed by atoms with Gasteiger partial charge in [0.1, 0.15) is 6.33 Å². The molecule has 1 unspecified atom stereocenters. The van der Waals surface area contributed by atoms with Gasteiger partial charge in [0, 0.05) is 6.54 Å². The van der Waals surface area contributed by atoms with Gasteiger partial charge < -0.3 is 14.7 Å². The zero-order valence-corrected chi connectivity index (χ0v) is 7.13. The van der Waals surface area contributed by atoms with Crippen LogP contribution in [0.15, 0.2) is 18.7 Å². The highest BCUT2D eigenvalue weighted by Crippen LogP contribution is 2.13. The molecule has 1 N–H and O–H groups in total. The molecule has 0 spiro atoms. The van der Waals surface area contributed by atoms with Gasteiger partial charge in [-0.3, -0.25) is 0 Å². The van der Waals surface area contributed by atoms with E-state index in [1.54, 1.807) is 12.4 Å². The Labute approximate surface area is 76.0 Å². The molecular formula is C8H11N3O2. The van der Waals surface area contributed by atoms with Crippen LogP contribution in [0.5, 0.6) is 0 Å². The summed E-state index contributed by atoms with van der Waals surface area (Å²) in [7, 11) is 0.